The molecule has 0 amide bonds. The van der Waals surface area contributed by atoms with E-state index in [1.54, 1.807) is 0 Å². The van der Waals surface area contributed by atoms with Crippen LogP contribution >= 0.6 is 0 Å². The number of hydrogen-bond acceptors (Lipinski definition) is 2. The van der Waals surface area contributed by atoms with E-state index in [1.807, 2.05) is 0 Å². The van der Waals surface area contributed by atoms with Crippen molar-refractivity contribution in [3.63, 3.8) is 0 Å². The maximum Gasteiger partial charge on any atom is 0.171 e. The van der Waals surface area contributed by atoms with E-state index in [0.29, 0.717) is 5.56 Å². The van der Waals surface area contributed by atoms with Crippen LogP contribution in [0.25, 0.3) is 0 Å². The first kappa shape index (κ1) is 7.72. The highest BCUT2D eigenvalue weighted by atomic mass is 19.3. The van der Waals surface area contributed by atoms with Crippen LogP contribution in [-0.4, -0.2) is 5.78 Å². The molecule has 0 unspecified atom stereocenters. The molecule has 0 saturated heterocycles. The standard InChI is InChI=1S/C8H7FO2/c1-6(10)7-2-4-8(11-9)5-3-7/h2-5H,1H3. The second-order valence-electron chi connectivity index (χ2n) is 2.16. The molecule has 0 saturated carbocycles. The molecule has 58 valence electrons. The average Bonchev–Trinajstić information content (AvgIpc) is 2.05. The van der Waals surface area contributed by atoms with Gasteiger partial charge >= 0.3 is 0 Å². The first-order chi connectivity index (χ1) is 5.24. The summed E-state index contributed by atoms with van der Waals surface area (Å²) in [7, 11) is 0. The average molecular weight is 154 g/mol. The summed E-state index contributed by atoms with van der Waals surface area (Å²) < 4.78 is 11.5. The Balaban J connectivity index is 2.91. The third kappa shape index (κ3) is 1.77. The number of ketones is 1. The summed E-state index contributed by atoms with van der Waals surface area (Å²) in [6.45, 7) is 1.45. The molecular formula is C8H7FO2. The van der Waals surface area contributed by atoms with E-state index in [2.05, 4.69) is 4.94 Å². The van der Waals surface area contributed by atoms with Crippen LogP contribution in [0.4, 0.5) is 4.53 Å². The topological polar surface area (TPSA) is 26.3 Å². The predicted molar refractivity (Wildman–Crippen MR) is 38.2 cm³/mol. The fourth-order valence-corrected chi connectivity index (χ4v) is 0.741. The lowest BCUT2D eigenvalue weighted by Crippen LogP contribution is -1.90. The van der Waals surface area contributed by atoms with E-state index in [4.69, 9.17) is 0 Å². The van der Waals surface area contributed by atoms with Gasteiger partial charge in [-0.3, -0.25) is 9.74 Å². The number of rotatable bonds is 2. The third-order valence-electron chi connectivity index (χ3n) is 1.35. The molecule has 0 aliphatic rings. The molecule has 0 aromatic heterocycles. The molecule has 2 nitrogen and oxygen atoms in total. The normalized spacial score (nSPS) is 9.27. The fourth-order valence-electron chi connectivity index (χ4n) is 0.741. The van der Waals surface area contributed by atoms with Crippen LogP contribution in [0.5, 0.6) is 5.75 Å². The Labute approximate surface area is 63.5 Å². The van der Waals surface area contributed by atoms with Gasteiger partial charge in [0.2, 0.25) is 0 Å². The van der Waals surface area contributed by atoms with Crippen LogP contribution in [0.15, 0.2) is 24.3 Å². The van der Waals surface area contributed by atoms with E-state index in [-0.39, 0.29) is 11.5 Å². The van der Waals surface area contributed by atoms with E-state index in [9.17, 15) is 9.32 Å². The van der Waals surface area contributed by atoms with Crippen LogP contribution in [0.1, 0.15) is 17.3 Å². The van der Waals surface area contributed by atoms with Crippen molar-refractivity contribution in [1.82, 2.24) is 0 Å². The molecule has 3 heteroatoms. The summed E-state index contributed by atoms with van der Waals surface area (Å²) in [5.41, 5.74) is 0.547. The van der Waals surface area contributed by atoms with Gasteiger partial charge < -0.3 is 0 Å². The van der Waals surface area contributed by atoms with E-state index >= 15 is 0 Å². The summed E-state index contributed by atoms with van der Waals surface area (Å²) in [5.74, 6) is 0.0606. The van der Waals surface area contributed by atoms with Crippen molar-refractivity contribution in [2.75, 3.05) is 0 Å². The van der Waals surface area contributed by atoms with Gasteiger partial charge in [-0.2, -0.15) is 0 Å². The first-order valence-electron chi connectivity index (χ1n) is 3.13. The van der Waals surface area contributed by atoms with Crippen molar-refractivity contribution in [3.8, 4) is 5.75 Å². The zero-order chi connectivity index (χ0) is 8.27. The lowest BCUT2D eigenvalue weighted by Gasteiger charge is -1.95. The maximum atomic E-state index is 11.5. The van der Waals surface area contributed by atoms with Gasteiger partial charge in [0, 0.05) is 10.1 Å². The molecule has 1 aromatic carbocycles. The molecule has 0 fully saturated rings. The third-order valence-corrected chi connectivity index (χ3v) is 1.35. The first-order valence-corrected chi connectivity index (χ1v) is 3.13. The minimum absolute atomic E-state index is 0.0459. The number of carbonyl (C=O) groups is 1. The number of halogens is 1. The van der Waals surface area contributed by atoms with Crippen molar-refractivity contribution in [2.45, 2.75) is 6.92 Å². The van der Waals surface area contributed by atoms with Crippen LogP contribution < -0.4 is 4.94 Å². The zero-order valence-corrected chi connectivity index (χ0v) is 6.00. The number of carbonyl (C=O) groups excluding carboxylic acids is 1. The van der Waals surface area contributed by atoms with Crippen molar-refractivity contribution < 1.29 is 14.3 Å². The van der Waals surface area contributed by atoms with Crippen molar-refractivity contribution >= 4 is 5.78 Å². The second kappa shape index (κ2) is 3.14. The largest absolute Gasteiger partial charge is 0.295 e. The van der Waals surface area contributed by atoms with Crippen LogP contribution in [0, 0.1) is 0 Å². The minimum atomic E-state index is -0.0459. The number of hydrogen-bond donors (Lipinski definition) is 0. The quantitative estimate of drug-likeness (QED) is 0.610. The van der Waals surface area contributed by atoms with Gasteiger partial charge in [0.15, 0.2) is 11.5 Å². The molecule has 0 atom stereocenters. The van der Waals surface area contributed by atoms with Gasteiger partial charge in [-0.1, -0.05) is 0 Å². The Morgan fingerprint density at radius 3 is 2.27 bits per heavy atom. The van der Waals surface area contributed by atoms with Crippen molar-refractivity contribution in [2.24, 2.45) is 0 Å². The Kier molecular flexibility index (Phi) is 2.21. The lowest BCUT2D eigenvalue weighted by atomic mass is 10.1. The Morgan fingerprint density at radius 2 is 1.91 bits per heavy atom. The van der Waals surface area contributed by atoms with Crippen LogP contribution in [0.3, 0.4) is 0 Å². The number of Topliss-reactive ketones (excluding diaryl/α,β-unsaturated/α-hetero) is 1. The Hall–Kier alpha value is -1.38. The molecular weight excluding hydrogens is 147 g/mol. The Bertz CT molecular complexity index is 253. The highest BCUT2D eigenvalue weighted by Crippen LogP contribution is 2.12. The molecule has 1 rings (SSSR count). The summed E-state index contributed by atoms with van der Waals surface area (Å²) in [4.78, 5) is 14.1. The molecule has 1 aromatic rings. The van der Waals surface area contributed by atoms with Gasteiger partial charge in [0.25, 0.3) is 0 Å². The molecule has 0 radical (unpaired) electrons. The SMILES string of the molecule is CC(=O)c1ccc(OF)cc1. The van der Waals surface area contributed by atoms with E-state index < -0.39 is 0 Å². The van der Waals surface area contributed by atoms with Gasteiger partial charge in [0.05, 0.1) is 0 Å². The van der Waals surface area contributed by atoms with E-state index in [0.717, 1.165) is 0 Å². The molecule has 0 N–H and O–H groups in total. The summed E-state index contributed by atoms with van der Waals surface area (Å²) >= 11 is 0. The predicted octanol–water partition coefficient (Wildman–Crippen LogP) is 2.15. The fraction of sp³-hybridized carbons (Fsp3) is 0.125. The van der Waals surface area contributed by atoms with E-state index in [1.165, 1.54) is 31.2 Å². The minimum Gasteiger partial charge on any atom is -0.295 e. The summed E-state index contributed by atoms with van der Waals surface area (Å²) in [5, 5.41) is 0. The van der Waals surface area contributed by atoms with Crippen molar-refractivity contribution in [1.29, 1.82) is 0 Å². The summed E-state index contributed by atoms with van der Waals surface area (Å²) in [6, 6.07) is 5.82. The Morgan fingerprint density at radius 1 is 1.36 bits per heavy atom. The summed E-state index contributed by atoms with van der Waals surface area (Å²) in [6.07, 6.45) is 0. The van der Waals surface area contributed by atoms with Gasteiger partial charge in [0.1, 0.15) is 0 Å². The molecule has 0 aliphatic carbocycles. The monoisotopic (exact) mass is 154 g/mol. The lowest BCUT2D eigenvalue weighted by molar-refractivity contribution is -0.00621. The highest BCUT2D eigenvalue weighted by Gasteiger charge is 1.98. The maximum absolute atomic E-state index is 11.5. The zero-order valence-electron chi connectivity index (χ0n) is 6.00. The van der Waals surface area contributed by atoms with Crippen molar-refractivity contribution in [3.05, 3.63) is 29.8 Å². The molecule has 0 bridgehead atoms. The van der Waals surface area contributed by atoms with Crippen LogP contribution in [-0.2, 0) is 0 Å². The van der Waals surface area contributed by atoms with Gasteiger partial charge in [-0.15, -0.1) is 0 Å². The highest BCUT2D eigenvalue weighted by molar-refractivity contribution is 5.94. The molecule has 0 spiro atoms. The molecule has 0 heterocycles. The smallest absolute Gasteiger partial charge is 0.171 e. The van der Waals surface area contributed by atoms with Crippen LogP contribution in [0.2, 0.25) is 0 Å². The molecule has 11 heavy (non-hydrogen) atoms. The molecule has 0 aliphatic heterocycles. The number of benzene rings is 1. The second-order valence-corrected chi connectivity index (χ2v) is 2.16. The van der Waals surface area contributed by atoms with Gasteiger partial charge in [-0.05, 0) is 31.2 Å². The van der Waals surface area contributed by atoms with Gasteiger partial charge in [-0.25, -0.2) is 0 Å².